The number of hydrogen-bond acceptors (Lipinski definition) is 3. The summed E-state index contributed by atoms with van der Waals surface area (Å²) in [6.45, 7) is 10.8. The molecule has 19 heavy (non-hydrogen) atoms. The Balaban J connectivity index is 4.37. The first kappa shape index (κ1) is 17.9. The molecule has 5 nitrogen and oxygen atoms in total. The van der Waals surface area contributed by atoms with Gasteiger partial charge in [-0.3, -0.25) is 9.59 Å². The second-order valence-electron chi connectivity index (χ2n) is 5.96. The number of amides is 1. The third-order valence-corrected chi connectivity index (χ3v) is 3.01. The predicted molar refractivity (Wildman–Crippen MR) is 76.0 cm³/mol. The van der Waals surface area contributed by atoms with Gasteiger partial charge in [0.25, 0.3) is 0 Å². The number of aliphatic carboxylic acids is 1. The number of carbonyl (C=O) groups excluding carboxylic acids is 1. The Bertz CT molecular complexity index is 301. The van der Waals surface area contributed by atoms with Gasteiger partial charge >= 0.3 is 5.97 Å². The Hall–Kier alpha value is -1.10. The quantitative estimate of drug-likeness (QED) is 0.596. The molecule has 3 N–H and O–H groups in total. The van der Waals surface area contributed by atoms with Crippen molar-refractivity contribution >= 4 is 11.9 Å². The molecule has 0 aromatic carbocycles. The lowest BCUT2D eigenvalue weighted by molar-refractivity contribution is -0.138. The second-order valence-corrected chi connectivity index (χ2v) is 5.96. The summed E-state index contributed by atoms with van der Waals surface area (Å²) in [5.41, 5.74) is -0.625. The third-order valence-electron chi connectivity index (χ3n) is 3.01. The molecule has 0 spiro atoms. The topological polar surface area (TPSA) is 78.4 Å². The van der Waals surface area contributed by atoms with E-state index in [1.165, 1.54) is 0 Å². The Labute approximate surface area is 116 Å². The summed E-state index contributed by atoms with van der Waals surface area (Å²) in [5.74, 6) is -0.499. The summed E-state index contributed by atoms with van der Waals surface area (Å²) in [4.78, 5) is 22.8. The molecular formula is C14H28N2O3. The zero-order chi connectivity index (χ0) is 15.1. The number of carboxylic acids is 1. The van der Waals surface area contributed by atoms with Gasteiger partial charge in [-0.25, -0.2) is 0 Å². The van der Waals surface area contributed by atoms with Crippen LogP contribution in [-0.4, -0.2) is 35.6 Å². The molecular weight excluding hydrogens is 244 g/mol. The van der Waals surface area contributed by atoms with Crippen LogP contribution in [0.2, 0.25) is 0 Å². The lowest BCUT2D eigenvalue weighted by atomic mass is 9.93. The SMILES string of the molecule is CCNC(C)(C)C(=O)NCC(CC(=O)O)CC(C)C. The van der Waals surface area contributed by atoms with Gasteiger partial charge in [0.05, 0.1) is 5.54 Å². The van der Waals surface area contributed by atoms with Crippen molar-refractivity contribution < 1.29 is 14.7 Å². The highest BCUT2D eigenvalue weighted by Crippen LogP contribution is 2.15. The van der Waals surface area contributed by atoms with Crippen molar-refractivity contribution in [2.75, 3.05) is 13.1 Å². The number of nitrogens with one attached hydrogen (secondary N) is 2. The molecule has 0 aromatic rings. The number of carboxylic acid groups (broad SMARTS) is 1. The second kappa shape index (κ2) is 8.15. The van der Waals surface area contributed by atoms with Crippen LogP contribution < -0.4 is 10.6 Å². The van der Waals surface area contributed by atoms with Crippen molar-refractivity contribution in [2.24, 2.45) is 11.8 Å². The fourth-order valence-electron chi connectivity index (χ4n) is 2.13. The van der Waals surface area contributed by atoms with E-state index in [4.69, 9.17) is 5.11 Å². The van der Waals surface area contributed by atoms with Gasteiger partial charge in [-0.05, 0) is 38.6 Å². The Morgan fingerprint density at radius 2 is 1.84 bits per heavy atom. The summed E-state index contributed by atoms with van der Waals surface area (Å²) >= 11 is 0. The van der Waals surface area contributed by atoms with Gasteiger partial charge in [0.15, 0.2) is 0 Å². The Morgan fingerprint density at radius 3 is 2.26 bits per heavy atom. The molecule has 0 saturated heterocycles. The third kappa shape index (κ3) is 7.82. The maximum atomic E-state index is 12.0. The van der Waals surface area contributed by atoms with E-state index < -0.39 is 11.5 Å². The van der Waals surface area contributed by atoms with E-state index in [1.807, 2.05) is 20.8 Å². The van der Waals surface area contributed by atoms with Crippen LogP contribution in [0.3, 0.4) is 0 Å². The average Bonchev–Trinajstić information content (AvgIpc) is 2.23. The maximum absolute atomic E-state index is 12.0. The fraction of sp³-hybridized carbons (Fsp3) is 0.857. The number of carbonyl (C=O) groups is 2. The van der Waals surface area contributed by atoms with Gasteiger partial charge in [-0.2, -0.15) is 0 Å². The maximum Gasteiger partial charge on any atom is 0.303 e. The van der Waals surface area contributed by atoms with E-state index in [9.17, 15) is 9.59 Å². The minimum atomic E-state index is -0.814. The van der Waals surface area contributed by atoms with Crippen LogP contribution >= 0.6 is 0 Å². The highest BCUT2D eigenvalue weighted by molar-refractivity contribution is 5.85. The summed E-state index contributed by atoms with van der Waals surface area (Å²) in [7, 11) is 0. The highest BCUT2D eigenvalue weighted by atomic mass is 16.4. The average molecular weight is 272 g/mol. The molecule has 1 amide bonds. The van der Waals surface area contributed by atoms with Crippen molar-refractivity contribution in [3.05, 3.63) is 0 Å². The zero-order valence-electron chi connectivity index (χ0n) is 12.7. The molecule has 0 bridgehead atoms. The monoisotopic (exact) mass is 272 g/mol. The van der Waals surface area contributed by atoms with Crippen LogP contribution in [0.15, 0.2) is 0 Å². The minimum Gasteiger partial charge on any atom is -0.481 e. The molecule has 112 valence electrons. The zero-order valence-corrected chi connectivity index (χ0v) is 12.7. The highest BCUT2D eigenvalue weighted by Gasteiger charge is 2.26. The van der Waals surface area contributed by atoms with E-state index in [-0.39, 0.29) is 18.2 Å². The van der Waals surface area contributed by atoms with E-state index >= 15 is 0 Å². The van der Waals surface area contributed by atoms with Gasteiger partial charge in [-0.15, -0.1) is 0 Å². The Kier molecular flexibility index (Phi) is 7.68. The molecule has 0 fully saturated rings. The first-order chi connectivity index (χ1) is 8.69. The molecule has 0 radical (unpaired) electrons. The van der Waals surface area contributed by atoms with E-state index in [2.05, 4.69) is 24.5 Å². The molecule has 0 aliphatic heterocycles. The normalized spacial score (nSPS) is 13.4. The summed E-state index contributed by atoms with van der Waals surface area (Å²) < 4.78 is 0. The van der Waals surface area contributed by atoms with E-state index in [0.717, 1.165) is 6.42 Å². The van der Waals surface area contributed by atoms with Crippen LogP contribution in [0.25, 0.3) is 0 Å². The molecule has 0 aromatic heterocycles. The summed E-state index contributed by atoms with van der Waals surface area (Å²) in [6, 6.07) is 0. The largest absolute Gasteiger partial charge is 0.481 e. The first-order valence-electron chi connectivity index (χ1n) is 6.94. The number of rotatable bonds is 9. The van der Waals surface area contributed by atoms with Crippen LogP contribution in [0.1, 0.15) is 47.5 Å². The Morgan fingerprint density at radius 1 is 1.26 bits per heavy atom. The van der Waals surface area contributed by atoms with E-state index in [0.29, 0.717) is 19.0 Å². The molecule has 0 aliphatic carbocycles. The molecule has 5 heteroatoms. The van der Waals surface area contributed by atoms with Gasteiger partial charge in [0.2, 0.25) is 5.91 Å². The molecule has 1 atom stereocenters. The molecule has 0 aliphatic rings. The van der Waals surface area contributed by atoms with Crippen LogP contribution in [-0.2, 0) is 9.59 Å². The van der Waals surface area contributed by atoms with Crippen molar-refractivity contribution in [1.29, 1.82) is 0 Å². The van der Waals surface area contributed by atoms with Crippen LogP contribution in [0.5, 0.6) is 0 Å². The van der Waals surface area contributed by atoms with Gasteiger partial charge < -0.3 is 15.7 Å². The lowest BCUT2D eigenvalue weighted by Crippen LogP contribution is -2.53. The minimum absolute atomic E-state index is 0.0149. The van der Waals surface area contributed by atoms with Crippen molar-refractivity contribution in [1.82, 2.24) is 10.6 Å². The van der Waals surface area contributed by atoms with Crippen LogP contribution in [0, 0.1) is 11.8 Å². The summed E-state index contributed by atoms with van der Waals surface area (Å²) in [5, 5.41) is 14.8. The van der Waals surface area contributed by atoms with Crippen molar-refractivity contribution in [3.8, 4) is 0 Å². The van der Waals surface area contributed by atoms with E-state index in [1.54, 1.807) is 0 Å². The van der Waals surface area contributed by atoms with Crippen molar-refractivity contribution in [3.63, 3.8) is 0 Å². The predicted octanol–water partition coefficient (Wildman–Crippen LogP) is 1.63. The summed E-state index contributed by atoms with van der Waals surface area (Å²) in [6.07, 6.45) is 0.897. The van der Waals surface area contributed by atoms with Crippen molar-refractivity contribution in [2.45, 2.75) is 53.0 Å². The number of likely N-dealkylation sites (N-methyl/N-ethyl adjacent to an activating group) is 1. The molecule has 0 heterocycles. The standard InChI is InChI=1S/C14H28N2O3/c1-6-16-14(4,5)13(19)15-9-11(7-10(2)3)8-12(17)18/h10-11,16H,6-9H2,1-5H3,(H,15,19)(H,17,18). The molecule has 1 unspecified atom stereocenters. The first-order valence-corrected chi connectivity index (χ1v) is 6.94. The smallest absolute Gasteiger partial charge is 0.303 e. The molecule has 0 saturated carbocycles. The van der Waals surface area contributed by atoms with Gasteiger partial charge in [0, 0.05) is 13.0 Å². The van der Waals surface area contributed by atoms with Gasteiger partial charge in [-0.1, -0.05) is 20.8 Å². The fourth-order valence-corrected chi connectivity index (χ4v) is 2.13. The van der Waals surface area contributed by atoms with Gasteiger partial charge in [0.1, 0.15) is 0 Å². The lowest BCUT2D eigenvalue weighted by Gasteiger charge is -2.26. The van der Waals surface area contributed by atoms with Crippen LogP contribution in [0.4, 0.5) is 0 Å². The molecule has 0 rings (SSSR count). The number of hydrogen-bond donors (Lipinski definition) is 3.